The van der Waals surface area contributed by atoms with Crippen molar-refractivity contribution in [3.05, 3.63) is 30.1 Å². The number of hydrogen-bond donors (Lipinski definition) is 3. The van der Waals surface area contributed by atoms with E-state index < -0.39 is 28.5 Å². The maximum atomic E-state index is 13.3. The van der Waals surface area contributed by atoms with Crippen LogP contribution < -0.4 is 11.1 Å². The summed E-state index contributed by atoms with van der Waals surface area (Å²) in [5.74, 6) is -2.07. The first-order valence-corrected chi connectivity index (χ1v) is 6.89. The van der Waals surface area contributed by atoms with E-state index in [1.807, 2.05) is 0 Å². The van der Waals surface area contributed by atoms with Gasteiger partial charge in [-0.05, 0) is 26.0 Å². The monoisotopic (exact) mass is 300 g/mol. The Balaban J connectivity index is 2.56. The van der Waals surface area contributed by atoms with Gasteiger partial charge in [-0.2, -0.15) is 0 Å². The lowest BCUT2D eigenvalue weighted by Crippen LogP contribution is -2.47. The van der Waals surface area contributed by atoms with Gasteiger partial charge in [-0.15, -0.1) is 11.8 Å². The molecule has 0 unspecified atom stereocenters. The van der Waals surface area contributed by atoms with Gasteiger partial charge in [-0.3, -0.25) is 9.59 Å². The molecule has 0 aromatic heterocycles. The van der Waals surface area contributed by atoms with Crippen LogP contribution in [0.4, 0.5) is 10.1 Å². The van der Waals surface area contributed by atoms with Crippen LogP contribution in [0.2, 0.25) is 0 Å². The van der Waals surface area contributed by atoms with Gasteiger partial charge in [-0.1, -0.05) is 12.1 Å². The van der Waals surface area contributed by atoms with Gasteiger partial charge in [0.2, 0.25) is 5.91 Å². The number of para-hydroxylation sites is 1. The fourth-order valence-corrected chi connectivity index (χ4v) is 2.24. The zero-order valence-corrected chi connectivity index (χ0v) is 12.0. The highest BCUT2D eigenvalue weighted by molar-refractivity contribution is 8.01. The molecule has 1 atom stereocenters. The molecule has 0 radical (unpaired) electrons. The Morgan fingerprint density at radius 1 is 1.45 bits per heavy atom. The topological polar surface area (TPSA) is 92.4 Å². The molecule has 7 heteroatoms. The quantitative estimate of drug-likeness (QED) is 0.743. The standard InChI is InChI=1S/C13H17FN2O3S/c1-13(2,11(15)12(18)19)20-7-10(17)16-9-6-4-3-5-8(9)14/h3-6,11H,7,15H2,1-2H3,(H,16,17)(H,18,19)/t11-/m0/s1. The Labute approximate surface area is 120 Å². The first-order valence-electron chi connectivity index (χ1n) is 5.91. The number of carbonyl (C=O) groups excluding carboxylic acids is 1. The fourth-order valence-electron chi connectivity index (χ4n) is 1.39. The van der Waals surface area contributed by atoms with Crippen molar-refractivity contribution in [3.8, 4) is 0 Å². The number of rotatable bonds is 6. The molecule has 20 heavy (non-hydrogen) atoms. The second-order valence-corrected chi connectivity index (χ2v) is 6.37. The Kier molecular flexibility index (Phi) is 5.52. The van der Waals surface area contributed by atoms with Crippen LogP contribution >= 0.6 is 11.8 Å². The summed E-state index contributed by atoms with van der Waals surface area (Å²) in [6.45, 7) is 3.29. The van der Waals surface area contributed by atoms with Crippen LogP contribution in [-0.4, -0.2) is 33.5 Å². The van der Waals surface area contributed by atoms with Crippen molar-refractivity contribution in [1.82, 2.24) is 0 Å². The highest BCUT2D eigenvalue weighted by atomic mass is 32.2. The molecular weight excluding hydrogens is 283 g/mol. The first-order chi connectivity index (χ1) is 9.24. The zero-order valence-electron chi connectivity index (χ0n) is 11.2. The highest BCUT2D eigenvalue weighted by Crippen LogP contribution is 2.27. The van der Waals surface area contributed by atoms with Crippen molar-refractivity contribution in [3.63, 3.8) is 0 Å². The molecule has 0 fully saturated rings. The minimum Gasteiger partial charge on any atom is -0.480 e. The Bertz CT molecular complexity index is 508. The van der Waals surface area contributed by atoms with Crippen molar-refractivity contribution in [2.75, 3.05) is 11.1 Å². The van der Waals surface area contributed by atoms with Crippen molar-refractivity contribution in [2.45, 2.75) is 24.6 Å². The van der Waals surface area contributed by atoms with E-state index >= 15 is 0 Å². The first kappa shape index (κ1) is 16.5. The second kappa shape index (κ2) is 6.71. The van der Waals surface area contributed by atoms with Crippen LogP contribution in [0.15, 0.2) is 24.3 Å². The predicted molar refractivity (Wildman–Crippen MR) is 77.2 cm³/mol. The lowest BCUT2D eigenvalue weighted by Gasteiger charge is -2.27. The van der Waals surface area contributed by atoms with Gasteiger partial charge in [0, 0.05) is 4.75 Å². The summed E-state index contributed by atoms with van der Waals surface area (Å²) in [5, 5.41) is 11.3. The van der Waals surface area contributed by atoms with E-state index in [2.05, 4.69) is 5.32 Å². The number of hydrogen-bond acceptors (Lipinski definition) is 4. The van der Waals surface area contributed by atoms with E-state index in [1.54, 1.807) is 19.9 Å². The average Bonchev–Trinajstić information content (AvgIpc) is 2.38. The number of anilines is 1. The van der Waals surface area contributed by atoms with Gasteiger partial charge in [0.05, 0.1) is 11.4 Å². The van der Waals surface area contributed by atoms with Crippen LogP contribution in [0.25, 0.3) is 0 Å². The number of carboxylic acids is 1. The van der Waals surface area contributed by atoms with Crippen molar-refractivity contribution < 1.29 is 19.1 Å². The van der Waals surface area contributed by atoms with E-state index in [0.717, 1.165) is 11.8 Å². The molecule has 1 rings (SSSR count). The Morgan fingerprint density at radius 2 is 2.05 bits per heavy atom. The summed E-state index contributed by atoms with van der Waals surface area (Å²) in [7, 11) is 0. The Morgan fingerprint density at radius 3 is 2.60 bits per heavy atom. The molecular formula is C13H17FN2O3S. The summed E-state index contributed by atoms with van der Waals surface area (Å²) >= 11 is 1.11. The molecule has 0 aliphatic carbocycles. The molecule has 5 nitrogen and oxygen atoms in total. The number of amides is 1. The molecule has 0 aliphatic rings. The number of thioether (sulfide) groups is 1. The summed E-state index contributed by atoms with van der Waals surface area (Å²) in [6.07, 6.45) is 0. The number of nitrogens with two attached hydrogens (primary N) is 1. The van der Waals surface area contributed by atoms with E-state index in [-0.39, 0.29) is 11.4 Å². The summed E-state index contributed by atoms with van der Waals surface area (Å²) in [5.41, 5.74) is 5.64. The number of nitrogens with one attached hydrogen (secondary N) is 1. The maximum Gasteiger partial charge on any atom is 0.321 e. The van der Waals surface area contributed by atoms with Crippen LogP contribution in [0.3, 0.4) is 0 Å². The van der Waals surface area contributed by atoms with E-state index in [0.29, 0.717) is 0 Å². The molecule has 110 valence electrons. The third-order valence-corrected chi connectivity index (χ3v) is 4.14. The smallest absolute Gasteiger partial charge is 0.321 e. The van der Waals surface area contributed by atoms with E-state index in [1.165, 1.54) is 18.2 Å². The molecule has 0 saturated heterocycles. The summed E-state index contributed by atoms with van der Waals surface area (Å²) in [6, 6.07) is 4.73. The molecule has 0 bridgehead atoms. The number of halogens is 1. The molecule has 1 aromatic rings. The van der Waals surface area contributed by atoms with E-state index in [9.17, 15) is 14.0 Å². The molecule has 0 heterocycles. The molecule has 0 spiro atoms. The minimum absolute atomic E-state index is 0.0116. The van der Waals surface area contributed by atoms with Crippen molar-refractivity contribution >= 4 is 29.3 Å². The molecule has 0 aliphatic heterocycles. The van der Waals surface area contributed by atoms with Gasteiger partial charge < -0.3 is 16.2 Å². The molecule has 1 aromatic carbocycles. The van der Waals surface area contributed by atoms with Gasteiger partial charge in [0.25, 0.3) is 0 Å². The molecule has 1 amide bonds. The lowest BCUT2D eigenvalue weighted by atomic mass is 10.1. The molecule has 4 N–H and O–H groups in total. The normalized spacial score (nSPS) is 12.8. The molecule has 0 saturated carbocycles. The van der Waals surface area contributed by atoms with E-state index in [4.69, 9.17) is 10.8 Å². The SMILES string of the molecule is CC(C)(SCC(=O)Nc1ccccc1F)[C@@H](N)C(=O)O. The zero-order chi connectivity index (χ0) is 15.3. The van der Waals surface area contributed by atoms with Crippen molar-refractivity contribution in [1.29, 1.82) is 0 Å². The van der Waals surface area contributed by atoms with Gasteiger partial charge in [-0.25, -0.2) is 4.39 Å². The maximum absolute atomic E-state index is 13.3. The van der Waals surface area contributed by atoms with Crippen LogP contribution in [0.1, 0.15) is 13.8 Å². The van der Waals surface area contributed by atoms with Crippen molar-refractivity contribution in [2.24, 2.45) is 5.73 Å². The number of aliphatic carboxylic acids is 1. The second-order valence-electron chi connectivity index (χ2n) is 4.74. The van der Waals surface area contributed by atoms with Crippen LogP contribution in [0.5, 0.6) is 0 Å². The lowest BCUT2D eigenvalue weighted by molar-refractivity contribution is -0.139. The van der Waals surface area contributed by atoms with Crippen LogP contribution in [-0.2, 0) is 9.59 Å². The average molecular weight is 300 g/mol. The van der Waals surface area contributed by atoms with Gasteiger partial charge in [0.1, 0.15) is 11.9 Å². The summed E-state index contributed by atoms with van der Waals surface area (Å²) in [4.78, 5) is 22.6. The number of benzene rings is 1. The largest absolute Gasteiger partial charge is 0.480 e. The number of carboxylic acid groups (broad SMARTS) is 1. The highest BCUT2D eigenvalue weighted by Gasteiger charge is 2.33. The summed E-state index contributed by atoms with van der Waals surface area (Å²) < 4.78 is 12.5. The fraction of sp³-hybridized carbons (Fsp3) is 0.385. The number of carbonyl (C=O) groups is 2. The van der Waals surface area contributed by atoms with Gasteiger partial charge in [0.15, 0.2) is 0 Å². The van der Waals surface area contributed by atoms with Crippen LogP contribution in [0, 0.1) is 5.82 Å². The Hall–Kier alpha value is -1.60. The minimum atomic E-state index is -1.13. The third kappa shape index (κ3) is 4.50. The van der Waals surface area contributed by atoms with Gasteiger partial charge >= 0.3 is 5.97 Å². The predicted octanol–water partition coefficient (Wildman–Crippen LogP) is 1.69. The third-order valence-electron chi connectivity index (χ3n) is 2.74.